The summed E-state index contributed by atoms with van der Waals surface area (Å²) in [5, 5.41) is 3.09. The number of thiazole rings is 1. The molecule has 2 saturated heterocycles. The number of likely N-dealkylation sites (tertiary alicyclic amines) is 2. The summed E-state index contributed by atoms with van der Waals surface area (Å²) < 4.78 is 10.4. The molecule has 0 bridgehead atoms. The molecule has 2 aliphatic heterocycles. The van der Waals surface area contributed by atoms with Crippen LogP contribution in [-0.2, 0) is 20.6 Å². The number of carbonyl (C=O) groups is 1. The number of nitrogens with zero attached hydrogens (tertiary/aromatic N) is 6. The zero-order valence-corrected chi connectivity index (χ0v) is 22.0. The van der Waals surface area contributed by atoms with Crippen LogP contribution in [-0.4, -0.2) is 72.7 Å². The molecule has 0 spiro atoms. The minimum Gasteiger partial charge on any atom is -0.467 e. The Balaban J connectivity index is 1.26. The number of amides is 1. The first kappa shape index (κ1) is 24.8. The highest BCUT2D eigenvalue weighted by Gasteiger charge is 2.32. The minimum absolute atomic E-state index is 0.0665. The summed E-state index contributed by atoms with van der Waals surface area (Å²) in [5.74, 6) is -0.0665. The van der Waals surface area contributed by atoms with E-state index in [1.807, 2.05) is 21.8 Å². The summed E-state index contributed by atoms with van der Waals surface area (Å²) in [4.78, 5) is 47.6. The molecule has 194 valence electrons. The third-order valence-corrected chi connectivity index (χ3v) is 8.24. The summed E-state index contributed by atoms with van der Waals surface area (Å²) in [6.45, 7) is 5.95. The van der Waals surface area contributed by atoms with Gasteiger partial charge in [0.1, 0.15) is 17.4 Å². The predicted octanol–water partition coefficient (Wildman–Crippen LogP) is 2.05. The molecule has 0 unspecified atom stereocenters. The van der Waals surface area contributed by atoms with E-state index in [-0.39, 0.29) is 23.3 Å². The fourth-order valence-corrected chi connectivity index (χ4v) is 6.19. The van der Waals surface area contributed by atoms with Crippen molar-refractivity contribution in [3.05, 3.63) is 44.2 Å². The predicted molar refractivity (Wildman–Crippen MR) is 139 cm³/mol. The molecule has 0 radical (unpaired) electrons. The summed E-state index contributed by atoms with van der Waals surface area (Å²) in [6.07, 6.45) is 6.62. The van der Waals surface area contributed by atoms with Gasteiger partial charge in [0, 0.05) is 64.4 Å². The lowest BCUT2D eigenvalue weighted by atomic mass is 9.98. The lowest BCUT2D eigenvalue weighted by molar-refractivity contribution is 0.0420. The van der Waals surface area contributed by atoms with Crippen molar-refractivity contribution in [2.24, 2.45) is 14.1 Å². The first-order chi connectivity index (χ1) is 17.4. The Bertz CT molecular complexity index is 1340. The number of piperidine rings is 2. The van der Waals surface area contributed by atoms with Crippen LogP contribution in [0, 0.1) is 0 Å². The van der Waals surface area contributed by atoms with Crippen molar-refractivity contribution in [2.75, 3.05) is 26.2 Å². The van der Waals surface area contributed by atoms with Crippen molar-refractivity contribution >= 4 is 28.3 Å². The van der Waals surface area contributed by atoms with E-state index in [9.17, 15) is 14.4 Å². The van der Waals surface area contributed by atoms with Crippen molar-refractivity contribution < 1.29 is 9.53 Å². The van der Waals surface area contributed by atoms with Crippen LogP contribution < -0.4 is 16.0 Å². The summed E-state index contributed by atoms with van der Waals surface area (Å²) in [6, 6.07) is 2.14. The molecule has 2 fully saturated rings. The van der Waals surface area contributed by atoms with Gasteiger partial charge in [0.05, 0.1) is 5.39 Å². The average Bonchev–Trinajstić information content (AvgIpc) is 3.55. The van der Waals surface area contributed by atoms with Gasteiger partial charge in [0.25, 0.3) is 16.7 Å². The lowest BCUT2D eigenvalue weighted by Crippen LogP contribution is -2.50. The fraction of sp³-hybridized carbons (Fsp3) is 0.600. The molecule has 0 aliphatic carbocycles. The zero-order chi connectivity index (χ0) is 25.4. The van der Waals surface area contributed by atoms with Crippen LogP contribution in [0.4, 0.5) is 0 Å². The van der Waals surface area contributed by atoms with Crippen LogP contribution in [0.2, 0.25) is 0 Å². The Morgan fingerprint density at radius 3 is 2.44 bits per heavy atom. The van der Waals surface area contributed by atoms with Crippen LogP contribution >= 0.6 is 11.3 Å². The maximum atomic E-state index is 13.6. The van der Waals surface area contributed by atoms with Crippen molar-refractivity contribution in [1.82, 2.24) is 28.5 Å². The molecule has 11 heteroatoms. The number of carbonyl (C=O) groups excluding carboxylic acids is 1. The average molecular weight is 515 g/mol. The molecular formula is C25H34N6O4S. The van der Waals surface area contributed by atoms with Gasteiger partial charge < -0.3 is 14.2 Å². The second kappa shape index (κ2) is 10.2. The van der Waals surface area contributed by atoms with Crippen molar-refractivity contribution in [1.29, 1.82) is 0 Å². The molecule has 0 saturated carbocycles. The number of rotatable bonds is 6. The Kier molecular flexibility index (Phi) is 7.03. The van der Waals surface area contributed by atoms with E-state index < -0.39 is 0 Å². The van der Waals surface area contributed by atoms with Gasteiger partial charge in [-0.1, -0.05) is 18.3 Å². The third kappa shape index (κ3) is 4.50. The molecule has 2 aliphatic rings. The van der Waals surface area contributed by atoms with Gasteiger partial charge >= 0.3 is 5.69 Å². The van der Waals surface area contributed by atoms with E-state index in [2.05, 4.69) is 9.88 Å². The molecule has 0 atom stereocenters. The fourth-order valence-electron chi connectivity index (χ4n) is 5.63. The van der Waals surface area contributed by atoms with Crippen LogP contribution in [0.1, 0.15) is 49.5 Å². The van der Waals surface area contributed by atoms with Gasteiger partial charge in [-0.25, -0.2) is 9.78 Å². The number of ether oxygens (including phenoxy) is 1. The van der Waals surface area contributed by atoms with Crippen LogP contribution in [0.5, 0.6) is 5.19 Å². The first-order valence-electron chi connectivity index (χ1n) is 12.8. The smallest absolute Gasteiger partial charge is 0.332 e. The second-order valence-corrected chi connectivity index (χ2v) is 10.7. The zero-order valence-electron chi connectivity index (χ0n) is 21.2. The highest BCUT2D eigenvalue weighted by molar-refractivity contribution is 7.11. The van der Waals surface area contributed by atoms with Crippen LogP contribution in [0.15, 0.2) is 27.2 Å². The summed E-state index contributed by atoms with van der Waals surface area (Å²) >= 11 is 1.53. The Morgan fingerprint density at radius 2 is 1.81 bits per heavy atom. The van der Waals surface area contributed by atoms with Crippen molar-refractivity contribution in [3.63, 3.8) is 0 Å². The van der Waals surface area contributed by atoms with Gasteiger partial charge in [-0.3, -0.25) is 23.6 Å². The largest absolute Gasteiger partial charge is 0.467 e. The first-order valence-corrected chi connectivity index (χ1v) is 13.7. The number of hydrogen-bond donors (Lipinski definition) is 0. The summed E-state index contributed by atoms with van der Waals surface area (Å²) in [7, 11) is 3.13. The molecular weight excluding hydrogens is 480 g/mol. The van der Waals surface area contributed by atoms with Gasteiger partial charge in [0.2, 0.25) is 0 Å². The van der Waals surface area contributed by atoms with Gasteiger partial charge in [-0.05, 0) is 38.2 Å². The van der Waals surface area contributed by atoms with E-state index in [4.69, 9.17) is 4.74 Å². The molecule has 0 N–H and O–H groups in total. The standard InChI is InChI=1S/C25H34N6O4S/c1-4-10-31-20(16-19-21(31)27(2)25(34)28(3)22(19)32)23(33)30-11-5-17(6-12-30)29-13-7-18(8-14-29)35-24-26-9-15-36-24/h9,15-18H,4-8,10-14H2,1-3H3. The monoisotopic (exact) mass is 514 g/mol. The highest BCUT2D eigenvalue weighted by atomic mass is 32.1. The van der Waals surface area contributed by atoms with E-state index >= 15 is 0 Å². The molecule has 1 amide bonds. The topological polar surface area (TPSA) is 94.6 Å². The minimum atomic E-state index is -0.386. The molecule has 5 rings (SSSR count). The number of hydrogen-bond acceptors (Lipinski definition) is 7. The maximum Gasteiger partial charge on any atom is 0.332 e. The van der Waals surface area contributed by atoms with Crippen molar-refractivity contribution in [2.45, 2.75) is 57.7 Å². The Hall–Kier alpha value is -2.92. The quantitative estimate of drug-likeness (QED) is 0.500. The van der Waals surface area contributed by atoms with E-state index in [1.54, 1.807) is 19.3 Å². The Morgan fingerprint density at radius 1 is 1.08 bits per heavy atom. The molecule has 3 aromatic heterocycles. The maximum absolute atomic E-state index is 13.6. The SMILES string of the molecule is CCCn1c(C(=O)N2CCC(N3CCC(Oc4nccs4)CC3)CC2)cc2c(=O)n(C)c(=O)n(C)c21. The van der Waals surface area contributed by atoms with Crippen molar-refractivity contribution in [3.8, 4) is 5.19 Å². The lowest BCUT2D eigenvalue weighted by Gasteiger charge is -2.41. The molecule has 10 nitrogen and oxygen atoms in total. The second-order valence-electron chi connectivity index (χ2n) is 9.80. The van der Waals surface area contributed by atoms with Gasteiger partial charge in [-0.2, -0.15) is 0 Å². The molecule has 3 aromatic rings. The number of aryl methyl sites for hydroxylation is 2. The number of aromatic nitrogens is 4. The van der Waals surface area contributed by atoms with E-state index in [1.165, 1.54) is 23.0 Å². The van der Waals surface area contributed by atoms with E-state index in [0.29, 0.717) is 42.4 Å². The summed E-state index contributed by atoms with van der Waals surface area (Å²) in [5.41, 5.74) is 0.260. The normalized spacial score (nSPS) is 18.2. The van der Waals surface area contributed by atoms with Crippen LogP contribution in [0.3, 0.4) is 0 Å². The molecule has 36 heavy (non-hydrogen) atoms. The Labute approximate surface area is 213 Å². The van der Waals surface area contributed by atoms with Gasteiger partial charge in [-0.15, -0.1) is 0 Å². The van der Waals surface area contributed by atoms with Gasteiger partial charge in [0.15, 0.2) is 0 Å². The van der Waals surface area contributed by atoms with E-state index in [0.717, 1.165) is 55.0 Å². The molecule has 5 heterocycles. The number of fused-ring (bicyclic) bond motifs is 1. The van der Waals surface area contributed by atoms with Crippen LogP contribution in [0.25, 0.3) is 11.0 Å². The highest BCUT2D eigenvalue weighted by Crippen LogP contribution is 2.26. The third-order valence-electron chi connectivity index (χ3n) is 7.58. The molecule has 0 aromatic carbocycles.